The van der Waals surface area contributed by atoms with Gasteiger partial charge in [-0.25, -0.2) is 4.68 Å². The van der Waals surface area contributed by atoms with Gasteiger partial charge in [-0.3, -0.25) is 4.79 Å². The zero-order valence-electron chi connectivity index (χ0n) is 12.7. The molecule has 5 heteroatoms. The minimum atomic E-state index is -0.293. The third-order valence-corrected chi connectivity index (χ3v) is 4.36. The van der Waals surface area contributed by atoms with Gasteiger partial charge in [0.1, 0.15) is 0 Å². The quantitative estimate of drug-likeness (QED) is 0.944. The number of hydrogen-bond donors (Lipinski definition) is 1. The second-order valence-electron chi connectivity index (χ2n) is 5.88. The number of nitrogens with zero attached hydrogens (tertiary/aromatic N) is 3. The minimum Gasteiger partial charge on any atom is -0.393 e. The second-order valence-corrected chi connectivity index (χ2v) is 5.88. The van der Waals surface area contributed by atoms with Crippen LogP contribution in [0, 0.1) is 5.92 Å². The number of aliphatic hydroxyl groups excluding tert-OH is 1. The number of carbonyl (C=O) groups excluding carboxylic acids is 1. The van der Waals surface area contributed by atoms with Crippen LogP contribution in [0.15, 0.2) is 42.7 Å². The maximum absolute atomic E-state index is 12.5. The number of amides is 1. The van der Waals surface area contributed by atoms with Gasteiger partial charge in [0.15, 0.2) is 0 Å². The van der Waals surface area contributed by atoms with Crippen molar-refractivity contribution in [2.45, 2.75) is 25.9 Å². The summed E-state index contributed by atoms with van der Waals surface area (Å²) in [5.41, 5.74) is 1.55. The fraction of sp³-hybridized carbons (Fsp3) is 0.412. The third-order valence-electron chi connectivity index (χ3n) is 4.36. The zero-order chi connectivity index (χ0) is 15.5. The lowest BCUT2D eigenvalue weighted by molar-refractivity contribution is 0.0521. The van der Waals surface area contributed by atoms with Gasteiger partial charge >= 0.3 is 0 Å². The van der Waals surface area contributed by atoms with Crippen LogP contribution in [0.5, 0.6) is 0 Å². The number of rotatable bonds is 3. The molecule has 2 heterocycles. The predicted octanol–water partition coefficient (Wildman–Crippen LogP) is 2.11. The lowest BCUT2D eigenvalue weighted by Gasteiger charge is -2.33. The fourth-order valence-corrected chi connectivity index (χ4v) is 2.92. The molecule has 1 aromatic heterocycles. The molecule has 116 valence electrons. The third kappa shape index (κ3) is 3.04. The van der Waals surface area contributed by atoms with E-state index in [9.17, 15) is 9.90 Å². The largest absolute Gasteiger partial charge is 0.393 e. The van der Waals surface area contributed by atoms with E-state index < -0.39 is 0 Å². The Hall–Kier alpha value is -2.14. The molecule has 0 spiro atoms. The Morgan fingerprint density at radius 3 is 2.59 bits per heavy atom. The van der Waals surface area contributed by atoms with Gasteiger partial charge < -0.3 is 10.0 Å². The molecular weight excluding hydrogens is 278 g/mol. The molecule has 1 aromatic carbocycles. The Labute approximate surface area is 130 Å². The first-order valence-corrected chi connectivity index (χ1v) is 7.72. The summed E-state index contributed by atoms with van der Waals surface area (Å²) in [6, 6.07) is 9.74. The normalized spacial score (nSPS) is 17.5. The molecule has 22 heavy (non-hydrogen) atoms. The summed E-state index contributed by atoms with van der Waals surface area (Å²) in [5, 5.41) is 13.9. The van der Waals surface area contributed by atoms with Gasteiger partial charge in [0, 0.05) is 19.3 Å². The molecule has 1 aliphatic rings. The van der Waals surface area contributed by atoms with Gasteiger partial charge in [-0.2, -0.15) is 5.10 Å². The van der Waals surface area contributed by atoms with Crippen LogP contribution in [0.4, 0.5) is 0 Å². The lowest BCUT2D eigenvalue weighted by atomic mass is 9.92. The van der Waals surface area contributed by atoms with Gasteiger partial charge in [-0.05, 0) is 37.8 Å². The first-order chi connectivity index (χ1) is 10.6. The Balaban J connectivity index is 1.68. The molecule has 1 aliphatic heterocycles. The van der Waals surface area contributed by atoms with Crippen molar-refractivity contribution in [3.05, 3.63) is 48.3 Å². The first kappa shape index (κ1) is 14.8. The molecular formula is C17H21N3O2. The van der Waals surface area contributed by atoms with Crippen LogP contribution in [0.2, 0.25) is 0 Å². The van der Waals surface area contributed by atoms with E-state index in [-0.39, 0.29) is 12.0 Å². The second kappa shape index (κ2) is 6.32. The summed E-state index contributed by atoms with van der Waals surface area (Å²) in [5.74, 6) is 0.322. The predicted molar refractivity (Wildman–Crippen MR) is 83.9 cm³/mol. The molecule has 0 aliphatic carbocycles. The van der Waals surface area contributed by atoms with Gasteiger partial charge in [0.05, 0.1) is 23.6 Å². The van der Waals surface area contributed by atoms with Gasteiger partial charge in [-0.1, -0.05) is 18.2 Å². The molecule has 1 saturated heterocycles. The van der Waals surface area contributed by atoms with Crippen molar-refractivity contribution < 1.29 is 9.90 Å². The molecule has 1 N–H and O–H groups in total. The Kier molecular flexibility index (Phi) is 4.24. The zero-order valence-corrected chi connectivity index (χ0v) is 12.7. The van der Waals surface area contributed by atoms with Gasteiger partial charge in [0.2, 0.25) is 0 Å². The van der Waals surface area contributed by atoms with Crippen molar-refractivity contribution in [3.63, 3.8) is 0 Å². The smallest absolute Gasteiger partial charge is 0.257 e. The highest BCUT2D eigenvalue weighted by molar-refractivity contribution is 5.93. The number of piperidine rings is 1. The summed E-state index contributed by atoms with van der Waals surface area (Å²) in [7, 11) is 0. The first-order valence-electron chi connectivity index (χ1n) is 7.72. The van der Waals surface area contributed by atoms with E-state index in [1.807, 2.05) is 42.2 Å². The van der Waals surface area contributed by atoms with Crippen LogP contribution in [-0.4, -0.2) is 44.9 Å². The maximum atomic E-state index is 12.5. The number of hydrogen-bond acceptors (Lipinski definition) is 3. The van der Waals surface area contributed by atoms with E-state index in [1.165, 1.54) is 0 Å². The van der Waals surface area contributed by atoms with Gasteiger partial charge in [-0.15, -0.1) is 0 Å². The molecule has 1 fully saturated rings. The molecule has 1 atom stereocenters. The minimum absolute atomic E-state index is 0.0197. The van der Waals surface area contributed by atoms with Crippen molar-refractivity contribution in [3.8, 4) is 5.69 Å². The lowest BCUT2D eigenvalue weighted by Crippen LogP contribution is -2.40. The van der Waals surface area contributed by atoms with Crippen LogP contribution in [0.3, 0.4) is 0 Å². The van der Waals surface area contributed by atoms with E-state index in [1.54, 1.807) is 17.1 Å². The van der Waals surface area contributed by atoms with E-state index in [0.717, 1.165) is 18.5 Å². The van der Waals surface area contributed by atoms with Crippen molar-refractivity contribution >= 4 is 5.91 Å². The molecule has 3 rings (SSSR count). The Morgan fingerprint density at radius 2 is 1.95 bits per heavy atom. The van der Waals surface area contributed by atoms with Crippen LogP contribution in [0.25, 0.3) is 5.69 Å². The number of aliphatic hydroxyl groups is 1. The van der Waals surface area contributed by atoms with Crippen LogP contribution in [0.1, 0.15) is 30.1 Å². The molecule has 0 bridgehead atoms. The number of likely N-dealkylation sites (tertiary alicyclic amines) is 1. The molecule has 5 nitrogen and oxygen atoms in total. The summed E-state index contributed by atoms with van der Waals surface area (Å²) >= 11 is 0. The number of para-hydroxylation sites is 1. The molecule has 0 radical (unpaired) electrons. The average Bonchev–Trinajstić information content (AvgIpc) is 3.05. The van der Waals surface area contributed by atoms with E-state index in [4.69, 9.17) is 0 Å². The van der Waals surface area contributed by atoms with E-state index in [0.29, 0.717) is 24.6 Å². The highest BCUT2D eigenvalue weighted by Crippen LogP contribution is 2.22. The summed E-state index contributed by atoms with van der Waals surface area (Å²) < 4.78 is 1.72. The summed E-state index contributed by atoms with van der Waals surface area (Å²) in [6.07, 6.45) is 4.82. The Morgan fingerprint density at radius 1 is 1.27 bits per heavy atom. The highest BCUT2D eigenvalue weighted by atomic mass is 16.3. The number of aromatic nitrogens is 2. The van der Waals surface area contributed by atoms with Crippen molar-refractivity contribution in [1.29, 1.82) is 0 Å². The van der Waals surface area contributed by atoms with Crippen molar-refractivity contribution in [2.75, 3.05) is 13.1 Å². The van der Waals surface area contributed by atoms with Crippen LogP contribution >= 0.6 is 0 Å². The monoisotopic (exact) mass is 299 g/mol. The molecule has 2 aromatic rings. The highest BCUT2D eigenvalue weighted by Gasteiger charge is 2.26. The van der Waals surface area contributed by atoms with Crippen molar-refractivity contribution in [2.24, 2.45) is 5.92 Å². The standard InChI is InChI=1S/C17H21N3O2/c1-13(21)14-7-9-19(10-8-14)17(22)15-11-18-20(12-15)16-5-3-2-4-6-16/h2-6,11-14,21H,7-10H2,1H3. The molecule has 0 saturated carbocycles. The Bertz CT molecular complexity index is 628. The van der Waals surface area contributed by atoms with Crippen LogP contribution in [-0.2, 0) is 0 Å². The van der Waals surface area contributed by atoms with E-state index >= 15 is 0 Å². The van der Waals surface area contributed by atoms with Gasteiger partial charge in [0.25, 0.3) is 5.91 Å². The maximum Gasteiger partial charge on any atom is 0.257 e. The number of benzene rings is 1. The SMILES string of the molecule is CC(O)C1CCN(C(=O)c2cnn(-c3ccccc3)c2)CC1. The topological polar surface area (TPSA) is 58.4 Å². The number of carbonyl (C=O) groups is 1. The fourth-order valence-electron chi connectivity index (χ4n) is 2.92. The van der Waals surface area contributed by atoms with Crippen LogP contribution < -0.4 is 0 Å². The van der Waals surface area contributed by atoms with E-state index in [2.05, 4.69) is 5.10 Å². The average molecular weight is 299 g/mol. The summed E-state index contributed by atoms with van der Waals surface area (Å²) in [6.45, 7) is 3.22. The molecule has 1 amide bonds. The van der Waals surface area contributed by atoms with Crippen molar-refractivity contribution in [1.82, 2.24) is 14.7 Å². The summed E-state index contributed by atoms with van der Waals surface area (Å²) in [4.78, 5) is 14.4. The molecule has 1 unspecified atom stereocenters.